The van der Waals surface area contributed by atoms with Crippen LogP contribution in [0, 0.1) is 5.41 Å². The third-order valence-electron chi connectivity index (χ3n) is 4.04. The fourth-order valence-corrected chi connectivity index (χ4v) is 2.83. The van der Waals surface area contributed by atoms with Crippen LogP contribution < -0.4 is 10.2 Å². The first-order valence-electron chi connectivity index (χ1n) is 8.04. The Kier molecular flexibility index (Phi) is 4.69. The summed E-state index contributed by atoms with van der Waals surface area (Å²) in [6.07, 6.45) is 0. The Balaban J connectivity index is 2.01. The van der Waals surface area contributed by atoms with Crippen molar-refractivity contribution in [2.45, 2.75) is 40.2 Å². The van der Waals surface area contributed by atoms with Gasteiger partial charge in [-0.3, -0.25) is 0 Å². The van der Waals surface area contributed by atoms with E-state index >= 15 is 0 Å². The van der Waals surface area contributed by atoms with Crippen molar-refractivity contribution in [2.75, 3.05) is 31.1 Å². The number of rotatable bonds is 2. The van der Waals surface area contributed by atoms with Gasteiger partial charge in [0.05, 0.1) is 5.54 Å². The number of benzene rings is 1. The van der Waals surface area contributed by atoms with Crippen LogP contribution in [0.15, 0.2) is 30.3 Å². The molecule has 1 aromatic rings. The largest absolute Gasteiger partial charge is 0.367 e. The first kappa shape index (κ1) is 16.7. The number of anilines is 1. The van der Waals surface area contributed by atoms with E-state index in [0.717, 1.165) is 19.6 Å². The molecule has 1 aliphatic rings. The van der Waals surface area contributed by atoms with Gasteiger partial charge in [-0.05, 0) is 31.4 Å². The van der Waals surface area contributed by atoms with Gasteiger partial charge in [-0.2, -0.15) is 0 Å². The number of hydrogen-bond donors (Lipinski definition) is 1. The van der Waals surface area contributed by atoms with Gasteiger partial charge in [0.2, 0.25) is 0 Å². The molecule has 4 heteroatoms. The van der Waals surface area contributed by atoms with Crippen LogP contribution in [0.5, 0.6) is 0 Å². The lowest BCUT2D eigenvalue weighted by Gasteiger charge is -2.48. The van der Waals surface area contributed by atoms with Gasteiger partial charge in [0.15, 0.2) is 0 Å². The molecule has 2 rings (SSSR count). The molecule has 0 unspecified atom stereocenters. The average Bonchev–Trinajstić information content (AvgIpc) is 2.44. The lowest BCUT2D eigenvalue weighted by Crippen LogP contribution is -2.63. The van der Waals surface area contributed by atoms with E-state index in [2.05, 4.69) is 69.1 Å². The van der Waals surface area contributed by atoms with Crippen molar-refractivity contribution in [2.24, 2.45) is 5.41 Å². The number of para-hydroxylation sites is 1. The summed E-state index contributed by atoms with van der Waals surface area (Å²) in [5.41, 5.74) is 1.15. The molecule has 1 heterocycles. The van der Waals surface area contributed by atoms with Gasteiger partial charge in [0, 0.05) is 31.9 Å². The molecule has 1 aromatic carbocycles. The molecule has 0 radical (unpaired) electrons. The molecule has 4 nitrogen and oxygen atoms in total. The number of amides is 2. The fraction of sp³-hybridized carbons (Fsp3) is 0.611. The second kappa shape index (κ2) is 6.19. The van der Waals surface area contributed by atoms with Gasteiger partial charge in [0.25, 0.3) is 0 Å². The molecule has 0 spiro atoms. The zero-order chi connectivity index (χ0) is 16.4. The smallest absolute Gasteiger partial charge is 0.317 e. The maximum Gasteiger partial charge on any atom is 0.317 e. The molecule has 1 saturated heterocycles. The van der Waals surface area contributed by atoms with Crippen LogP contribution in [0.3, 0.4) is 0 Å². The zero-order valence-corrected chi connectivity index (χ0v) is 14.5. The van der Waals surface area contributed by atoms with Crippen LogP contribution >= 0.6 is 0 Å². The van der Waals surface area contributed by atoms with Gasteiger partial charge in [-0.1, -0.05) is 39.0 Å². The Morgan fingerprint density at radius 2 is 1.82 bits per heavy atom. The molecule has 0 bridgehead atoms. The minimum Gasteiger partial charge on any atom is -0.367 e. The van der Waals surface area contributed by atoms with E-state index < -0.39 is 0 Å². The molecule has 0 atom stereocenters. The van der Waals surface area contributed by atoms with Gasteiger partial charge >= 0.3 is 6.03 Å². The molecule has 22 heavy (non-hydrogen) atoms. The number of nitrogens with zero attached hydrogens (tertiary/aromatic N) is 2. The minimum atomic E-state index is -0.184. The molecule has 122 valence electrons. The summed E-state index contributed by atoms with van der Waals surface area (Å²) in [7, 11) is 0. The first-order valence-corrected chi connectivity index (χ1v) is 8.04. The van der Waals surface area contributed by atoms with Crippen molar-refractivity contribution >= 4 is 11.7 Å². The van der Waals surface area contributed by atoms with Crippen LogP contribution in [0.25, 0.3) is 0 Å². The SMILES string of the molecule is CC(C)(C)CNC(=O)N1CCN(c2ccccc2)CC1(C)C. The summed E-state index contributed by atoms with van der Waals surface area (Å²) in [5.74, 6) is 0. The monoisotopic (exact) mass is 303 g/mol. The van der Waals surface area contributed by atoms with E-state index in [1.807, 2.05) is 11.0 Å². The Morgan fingerprint density at radius 3 is 2.36 bits per heavy atom. The van der Waals surface area contributed by atoms with E-state index in [0.29, 0.717) is 6.54 Å². The number of carbonyl (C=O) groups is 1. The van der Waals surface area contributed by atoms with Crippen LogP contribution in [-0.2, 0) is 0 Å². The summed E-state index contributed by atoms with van der Waals surface area (Å²) in [5, 5.41) is 3.07. The number of nitrogens with one attached hydrogen (secondary N) is 1. The van der Waals surface area contributed by atoms with Crippen LogP contribution in [0.1, 0.15) is 34.6 Å². The number of carbonyl (C=O) groups excluding carboxylic acids is 1. The average molecular weight is 303 g/mol. The van der Waals surface area contributed by atoms with E-state index in [1.165, 1.54) is 5.69 Å². The maximum atomic E-state index is 12.5. The predicted octanol–water partition coefficient (Wildman–Crippen LogP) is 3.34. The lowest BCUT2D eigenvalue weighted by molar-refractivity contribution is 0.121. The second-order valence-corrected chi connectivity index (χ2v) is 7.94. The summed E-state index contributed by atoms with van der Waals surface area (Å²) in [6.45, 7) is 13.8. The highest BCUT2D eigenvalue weighted by Gasteiger charge is 2.37. The topological polar surface area (TPSA) is 35.6 Å². The predicted molar refractivity (Wildman–Crippen MR) is 92.3 cm³/mol. The lowest BCUT2D eigenvalue weighted by atomic mass is 9.96. The Morgan fingerprint density at radius 1 is 1.18 bits per heavy atom. The van der Waals surface area contributed by atoms with Gasteiger partial charge < -0.3 is 15.1 Å². The molecule has 2 amide bonds. The molecular formula is C18H29N3O. The van der Waals surface area contributed by atoms with E-state index in [4.69, 9.17) is 0 Å². The van der Waals surface area contributed by atoms with Crippen molar-refractivity contribution in [3.8, 4) is 0 Å². The molecule has 0 aromatic heterocycles. The molecule has 1 fully saturated rings. The van der Waals surface area contributed by atoms with Crippen molar-refractivity contribution in [1.29, 1.82) is 0 Å². The summed E-state index contributed by atoms with van der Waals surface area (Å²) < 4.78 is 0. The first-order chi connectivity index (χ1) is 10.2. The number of hydrogen-bond acceptors (Lipinski definition) is 2. The van der Waals surface area contributed by atoms with Crippen molar-refractivity contribution < 1.29 is 4.79 Å². The van der Waals surface area contributed by atoms with Crippen molar-refractivity contribution in [3.63, 3.8) is 0 Å². The standard InChI is InChI=1S/C18H29N3O/c1-17(2,3)13-19-16(22)21-12-11-20(14-18(21,4)5)15-9-7-6-8-10-15/h6-10H,11-14H2,1-5H3,(H,19,22). The van der Waals surface area contributed by atoms with Gasteiger partial charge in [-0.15, -0.1) is 0 Å². The van der Waals surface area contributed by atoms with Crippen LogP contribution in [0.4, 0.5) is 10.5 Å². The summed E-state index contributed by atoms with van der Waals surface area (Å²) >= 11 is 0. The molecule has 0 saturated carbocycles. The van der Waals surface area contributed by atoms with E-state index in [9.17, 15) is 4.79 Å². The highest BCUT2D eigenvalue weighted by atomic mass is 16.2. The zero-order valence-electron chi connectivity index (χ0n) is 14.5. The second-order valence-electron chi connectivity index (χ2n) is 7.94. The number of piperazine rings is 1. The van der Waals surface area contributed by atoms with E-state index in [-0.39, 0.29) is 17.0 Å². The maximum absolute atomic E-state index is 12.5. The minimum absolute atomic E-state index is 0.0487. The molecule has 0 aliphatic carbocycles. The highest BCUT2D eigenvalue weighted by molar-refractivity contribution is 5.75. The molecule has 1 aliphatic heterocycles. The summed E-state index contributed by atoms with van der Waals surface area (Å²) in [6, 6.07) is 10.5. The van der Waals surface area contributed by atoms with Crippen molar-refractivity contribution in [3.05, 3.63) is 30.3 Å². The summed E-state index contributed by atoms with van der Waals surface area (Å²) in [4.78, 5) is 16.8. The third-order valence-corrected chi connectivity index (χ3v) is 4.04. The number of urea groups is 1. The molecule has 1 N–H and O–H groups in total. The highest BCUT2D eigenvalue weighted by Crippen LogP contribution is 2.25. The van der Waals surface area contributed by atoms with E-state index in [1.54, 1.807) is 0 Å². The Bertz CT molecular complexity index is 505. The van der Waals surface area contributed by atoms with Crippen LogP contribution in [-0.4, -0.2) is 42.6 Å². The fourth-order valence-electron chi connectivity index (χ4n) is 2.83. The molecular weight excluding hydrogens is 274 g/mol. The Hall–Kier alpha value is -1.71. The van der Waals surface area contributed by atoms with Gasteiger partial charge in [-0.25, -0.2) is 4.79 Å². The normalized spacial score (nSPS) is 18.2. The van der Waals surface area contributed by atoms with Crippen LogP contribution in [0.2, 0.25) is 0 Å². The quantitative estimate of drug-likeness (QED) is 0.909. The van der Waals surface area contributed by atoms with Gasteiger partial charge in [0.1, 0.15) is 0 Å². The van der Waals surface area contributed by atoms with Crippen molar-refractivity contribution in [1.82, 2.24) is 10.2 Å². The Labute approximate surface area is 134 Å². The third kappa shape index (κ3) is 4.15.